The SMILES string of the molecule is COCCCOc1cc(CN2CCC(C3CCCC(C)(C(=O)C4CC45CC5)CC3)=COC2)cc(C2CC2)c1-c1ccc(F)cc1. The molecule has 4 saturated carbocycles. The maximum Gasteiger partial charge on any atom is 0.142 e. The lowest BCUT2D eigenvalue weighted by molar-refractivity contribution is -0.130. The molecule has 5 nitrogen and oxygen atoms in total. The van der Waals surface area contributed by atoms with E-state index in [0.29, 0.717) is 48.9 Å². The number of rotatable bonds is 12. The van der Waals surface area contributed by atoms with Crippen molar-refractivity contribution in [3.63, 3.8) is 0 Å². The van der Waals surface area contributed by atoms with Crippen LogP contribution in [0.5, 0.6) is 5.75 Å². The largest absolute Gasteiger partial charge is 0.493 e. The number of benzene rings is 2. The summed E-state index contributed by atoms with van der Waals surface area (Å²) in [6, 6.07) is 11.4. The van der Waals surface area contributed by atoms with Crippen LogP contribution in [0.25, 0.3) is 11.1 Å². The van der Waals surface area contributed by atoms with Crippen molar-refractivity contribution in [2.45, 2.75) is 96.4 Å². The van der Waals surface area contributed by atoms with Gasteiger partial charge in [-0.3, -0.25) is 9.69 Å². The Morgan fingerprint density at radius 3 is 2.58 bits per heavy atom. The number of carbonyl (C=O) groups excluding carboxylic acids is 1. The molecule has 1 aliphatic heterocycles. The van der Waals surface area contributed by atoms with Gasteiger partial charge in [-0.1, -0.05) is 31.5 Å². The van der Waals surface area contributed by atoms with Gasteiger partial charge in [0.05, 0.1) is 12.9 Å². The molecule has 2 aromatic rings. The van der Waals surface area contributed by atoms with Crippen molar-refractivity contribution in [1.82, 2.24) is 4.90 Å². The maximum atomic E-state index is 13.8. The molecule has 0 saturated heterocycles. The molecule has 1 spiro atoms. The van der Waals surface area contributed by atoms with E-state index in [0.717, 1.165) is 81.3 Å². The number of hydrogen-bond donors (Lipinski definition) is 0. The van der Waals surface area contributed by atoms with Crippen molar-refractivity contribution in [2.24, 2.45) is 22.7 Å². The summed E-state index contributed by atoms with van der Waals surface area (Å²) >= 11 is 0. The third-order valence-electron chi connectivity index (χ3n) is 11.6. The summed E-state index contributed by atoms with van der Waals surface area (Å²) in [6.07, 6.45) is 15.4. The molecule has 1 heterocycles. The second-order valence-electron chi connectivity index (χ2n) is 15.0. The van der Waals surface area contributed by atoms with Crippen LogP contribution in [0, 0.1) is 28.5 Å². The third kappa shape index (κ3) is 6.88. The van der Waals surface area contributed by atoms with E-state index in [9.17, 15) is 9.18 Å². The Bertz CT molecular complexity index is 1410. The predicted octanol–water partition coefficient (Wildman–Crippen LogP) is 8.80. The molecule has 0 amide bonds. The molecule has 45 heavy (non-hydrogen) atoms. The topological polar surface area (TPSA) is 48.0 Å². The van der Waals surface area contributed by atoms with Crippen LogP contribution in [0.3, 0.4) is 0 Å². The summed E-state index contributed by atoms with van der Waals surface area (Å²) in [7, 11) is 1.71. The first kappa shape index (κ1) is 30.9. The van der Waals surface area contributed by atoms with Crippen LogP contribution >= 0.6 is 0 Å². The van der Waals surface area contributed by atoms with Gasteiger partial charge in [-0.15, -0.1) is 0 Å². The molecule has 0 aromatic heterocycles. The summed E-state index contributed by atoms with van der Waals surface area (Å²) in [5, 5.41) is 0. The van der Waals surface area contributed by atoms with Gasteiger partial charge in [0.2, 0.25) is 0 Å². The minimum absolute atomic E-state index is 0.133. The van der Waals surface area contributed by atoms with Crippen molar-refractivity contribution >= 4 is 5.78 Å². The Labute approximate surface area is 268 Å². The molecule has 7 rings (SSSR count). The molecule has 5 aliphatic rings. The number of carbonyl (C=O) groups is 1. The fourth-order valence-corrected chi connectivity index (χ4v) is 8.24. The van der Waals surface area contributed by atoms with Crippen LogP contribution in [0.1, 0.15) is 101 Å². The molecule has 3 unspecified atom stereocenters. The zero-order valence-corrected chi connectivity index (χ0v) is 27.3. The van der Waals surface area contributed by atoms with Gasteiger partial charge in [0, 0.05) is 50.1 Å². The Kier molecular flexibility index (Phi) is 8.82. The van der Waals surface area contributed by atoms with Gasteiger partial charge >= 0.3 is 0 Å². The van der Waals surface area contributed by atoms with E-state index in [1.54, 1.807) is 7.11 Å². The number of ether oxygens (including phenoxy) is 3. The van der Waals surface area contributed by atoms with Crippen LogP contribution in [0.2, 0.25) is 0 Å². The molecule has 0 bridgehead atoms. The van der Waals surface area contributed by atoms with Crippen molar-refractivity contribution in [2.75, 3.05) is 33.6 Å². The Morgan fingerprint density at radius 2 is 1.84 bits per heavy atom. The predicted molar refractivity (Wildman–Crippen MR) is 174 cm³/mol. The van der Waals surface area contributed by atoms with Gasteiger partial charge in [0.1, 0.15) is 24.1 Å². The number of halogens is 1. The smallest absolute Gasteiger partial charge is 0.142 e. The monoisotopic (exact) mass is 615 g/mol. The molecule has 4 aliphatic carbocycles. The van der Waals surface area contributed by atoms with Crippen molar-refractivity contribution in [3.05, 3.63) is 65.2 Å². The summed E-state index contributed by atoms with van der Waals surface area (Å²) in [6.45, 7) is 5.80. The van der Waals surface area contributed by atoms with Crippen LogP contribution in [0.15, 0.2) is 48.2 Å². The van der Waals surface area contributed by atoms with E-state index in [4.69, 9.17) is 14.2 Å². The highest BCUT2D eigenvalue weighted by molar-refractivity contribution is 5.90. The first-order valence-corrected chi connectivity index (χ1v) is 17.5. The molecule has 2 aromatic carbocycles. The molecule has 0 N–H and O–H groups in total. The number of nitrogens with zero attached hydrogens (tertiary/aromatic N) is 1. The first-order valence-electron chi connectivity index (χ1n) is 17.5. The molecular formula is C39H50FNO4. The van der Waals surface area contributed by atoms with Crippen LogP contribution in [-0.2, 0) is 20.8 Å². The summed E-state index contributed by atoms with van der Waals surface area (Å²) in [5.74, 6) is 2.63. The highest BCUT2D eigenvalue weighted by Crippen LogP contribution is 2.72. The van der Waals surface area contributed by atoms with E-state index in [2.05, 4.69) is 24.0 Å². The quantitative estimate of drug-likeness (QED) is 0.176. The van der Waals surface area contributed by atoms with E-state index < -0.39 is 0 Å². The van der Waals surface area contributed by atoms with Gasteiger partial charge in [-0.2, -0.15) is 0 Å². The first-order chi connectivity index (χ1) is 21.9. The van der Waals surface area contributed by atoms with E-state index >= 15 is 0 Å². The zero-order valence-electron chi connectivity index (χ0n) is 27.3. The standard InChI is InChI=1S/C39H50FNO4/c1-38(37(42)34-23-39(34)16-17-39)14-3-5-28(12-15-38)31-13-18-41(26-44-25-31)24-27-21-33(29-6-7-29)36(30-8-10-32(40)11-9-30)35(22-27)45-20-4-19-43-2/h8-11,21-22,25,28-29,34H,3-7,12-20,23-24,26H2,1-2H3. The highest BCUT2D eigenvalue weighted by Gasteiger charge is 2.67. The Balaban J connectivity index is 1.02. The molecule has 242 valence electrons. The van der Waals surface area contributed by atoms with Gasteiger partial charge in [-0.05, 0) is 122 Å². The zero-order chi connectivity index (χ0) is 31.0. The number of hydrogen-bond acceptors (Lipinski definition) is 5. The second kappa shape index (κ2) is 12.8. The minimum Gasteiger partial charge on any atom is -0.493 e. The lowest BCUT2D eigenvalue weighted by Gasteiger charge is -2.27. The summed E-state index contributed by atoms with van der Waals surface area (Å²) < 4.78 is 31.7. The lowest BCUT2D eigenvalue weighted by atomic mass is 9.76. The minimum atomic E-state index is -0.226. The number of ketones is 1. The van der Waals surface area contributed by atoms with Crippen molar-refractivity contribution in [3.8, 4) is 16.9 Å². The Morgan fingerprint density at radius 1 is 1.02 bits per heavy atom. The lowest BCUT2D eigenvalue weighted by Crippen LogP contribution is -2.29. The normalized spacial score (nSPS) is 27.7. The molecule has 6 heteroatoms. The van der Waals surface area contributed by atoms with Crippen LogP contribution in [-0.4, -0.2) is 44.3 Å². The molecule has 4 fully saturated rings. The van der Waals surface area contributed by atoms with Gasteiger partial charge in [0.25, 0.3) is 0 Å². The maximum absolute atomic E-state index is 13.8. The van der Waals surface area contributed by atoms with E-state index in [-0.39, 0.29) is 11.2 Å². The highest BCUT2D eigenvalue weighted by atomic mass is 19.1. The fraction of sp³-hybridized carbons (Fsp3) is 0.615. The van der Waals surface area contributed by atoms with E-state index in [1.807, 2.05) is 18.4 Å². The fourth-order valence-electron chi connectivity index (χ4n) is 8.24. The van der Waals surface area contributed by atoms with Crippen molar-refractivity contribution in [1.29, 1.82) is 0 Å². The number of Topliss-reactive ketones (excluding diaryl/α,β-unsaturated/α-hetero) is 1. The average Bonchev–Trinajstić information content (AvgIpc) is 3.91. The van der Waals surface area contributed by atoms with Gasteiger partial charge in [0.15, 0.2) is 0 Å². The third-order valence-corrected chi connectivity index (χ3v) is 11.6. The average molecular weight is 616 g/mol. The van der Waals surface area contributed by atoms with Gasteiger partial charge in [-0.25, -0.2) is 4.39 Å². The van der Waals surface area contributed by atoms with Crippen LogP contribution < -0.4 is 4.74 Å². The number of methoxy groups -OCH3 is 1. The summed E-state index contributed by atoms with van der Waals surface area (Å²) in [4.78, 5) is 15.9. The molecule has 0 radical (unpaired) electrons. The Hall–Kier alpha value is -2.70. The molecular weight excluding hydrogens is 565 g/mol. The second-order valence-corrected chi connectivity index (χ2v) is 15.0. The van der Waals surface area contributed by atoms with Gasteiger partial charge < -0.3 is 14.2 Å². The van der Waals surface area contributed by atoms with Crippen LogP contribution in [0.4, 0.5) is 4.39 Å². The summed E-state index contributed by atoms with van der Waals surface area (Å²) in [5.41, 5.74) is 6.38. The van der Waals surface area contributed by atoms with Crippen molar-refractivity contribution < 1.29 is 23.4 Å². The molecule has 3 atom stereocenters. The van der Waals surface area contributed by atoms with E-state index in [1.165, 1.54) is 54.5 Å².